The number of halogens is 2. The molecule has 0 saturated carbocycles. The zero-order valence-corrected chi connectivity index (χ0v) is 11.7. The summed E-state index contributed by atoms with van der Waals surface area (Å²) in [4.78, 5) is 11.4. The van der Waals surface area contributed by atoms with Gasteiger partial charge in [0.1, 0.15) is 5.82 Å². The van der Waals surface area contributed by atoms with Gasteiger partial charge in [-0.2, -0.15) is 0 Å². The van der Waals surface area contributed by atoms with Crippen molar-refractivity contribution in [3.05, 3.63) is 52.3 Å². The van der Waals surface area contributed by atoms with Crippen LogP contribution in [0.4, 0.5) is 4.39 Å². The highest BCUT2D eigenvalue weighted by atomic mass is 79.9. The van der Waals surface area contributed by atoms with Gasteiger partial charge in [-0.25, -0.2) is 4.39 Å². The first kappa shape index (κ1) is 14.6. The van der Waals surface area contributed by atoms with Crippen molar-refractivity contribution in [3.8, 4) is 0 Å². The molecule has 0 spiro atoms. The normalized spacial score (nSPS) is 11.3. The highest BCUT2D eigenvalue weighted by Gasteiger charge is 2.00. The molecule has 0 saturated heterocycles. The Morgan fingerprint density at radius 3 is 3.00 bits per heavy atom. The largest absolute Gasteiger partial charge is 0.352 e. The molecule has 0 fully saturated rings. The third kappa shape index (κ3) is 5.27. The van der Waals surface area contributed by atoms with Crippen molar-refractivity contribution in [1.82, 2.24) is 5.32 Å². The zero-order chi connectivity index (χ0) is 13.4. The van der Waals surface area contributed by atoms with E-state index >= 15 is 0 Å². The molecule has 96 valence electrons. The number of hydrogen-bond donors (Lipinski definition) is 1. The average molecular weight is 312 g/mol. The van der Waals surface area contributed by atoms with E-state index in [-0.39, 0.29) is 11.7 Å². The first-order chi connectivity index (χ1) is 8.63. The molecule has 1 rings (SSSR count). The first-order valence-corrected chi connectivity index (χ1v) is 6.45. The molecular weight excluding hydrogens is 297 g/mol. The minimum absolute atomic E-state index is 0.223. The van der Waals surface area contributed by atoms with Gasteiger partial charge in [0, 0.05) is 22.7 Å². The molecule has 1 N–H and O–H groups in total. The number of carbonyl (C=O) groups excluding carboxylic acids is 1. The topological polar surface area (TPSA) is 29.1 Å². The zero-order valence-electron chi connectivity index (χ0n) is 10.1. The molecule has 1 aromatic carbocycles. The van der Waals surface area contributed by atoms with Crippen LogP contribution in [0.3, 0.4) is 0 Å². The Morgan fingerprint density at radius 1 is 1.50 bits per heavy atom. The second-order valence-electron chi connectivity index (χ2n) is 3.65. The molecule has 0 aliphatic carbocycles. The third-order valence-corrected chi connectivity index (χ3v) is 2.71. The molecule has 18 heavy (non-hydrogen) atoms. The predicted molar refractivity (Wildman–Crippen MR) is 75.6 cm³/mol. The molecule has 1 amide bonds. The molecule has 1 aromatic rings. The minimum atomic E-state index is -0.351. The van der Waals surface area contributed by atoms with E-state index in [9.17, 15) is 9.18 Å². The van der Waals surface area contributed by atoms with Gasteiger partial charge in [0.05, 0.1) is 0 Å². The van der Waals surface area contributed by atoms with Crippen molar-refractivity contribution in [3.63, 3.8) is 0 Å². The molecule has 0 atom stereocenters. The summed E-state index contributed by atoms with van der Waals surface area (Å²) in [5, 5.41) is 2.71. The van der Waals surface area contributed by atoms with Gasteiger partial charge in [-0.3, -0.25) is 4.79 Å². The van der Waals surface area contributed by atoms with Gasteiger partial charge in [-0.15, -0.1) is 0 Å². The lowest BCUT2D eigenvalue weighted by Gasteiger charge is -2.00. The molecule has 0 aromatic heterocycles. The van der Waals surface area contributed by atoms with Gasteiger partial charge >= 0.3 is 0 Å². The van der Waals surface area contributed by atoms with Crippen LogP contribution >= 0.6 is 15.9 Å². The number of carbonyl (C=O) groups is 1. The van der Waals surface area contributed by atoms with Gasteiger partial charge in [-0.1, -0.05) is 28.1 Å². The predicted octanol–water partition coefficient (Wildman–Crippen LogP) is 3.68. The van der Waals surface area contributed by atoms with E-state index in [4.69, 9.17) is 0 Å². The summed E-state index contributed by atoms with van der Waals surface area (Å²) in [6, 6.07) is 4.59. The van der Waals surface area contributed by atoms with Gasteiger partial charge < -0.3 is 5.32 Å². The molecule has 0 aliphatic heterocycles. The van der Waals surface area contributed by atoms with Crippen molar-refractivity contribution < 1.29 is 9.18 Å². The van der Waals surface area contributed by atoms with E-state index in [2.05, 4.69) is 21.2 Å². The Balaban J connectivity index is 2.52. The summed E-state index contributed by atoms with van der Waals surface area (Å²) in [6.45, 7) is 2.51. The Bertz CT molecular complexity index is 469. The molecule has 0 heterocycles. The molecule has 2 nitrogen and oxygen atoms in total. The smallest absolute Gasteiger partial charge is 0.244 e. The summed E-state index contributed by atoms with van der Waals surface area (Å²) in [6.07, 6.45) is 7.49. The average Bonchev–Trinajstić information content (AvgIpc) is 2.36. The van der Waals surface area contributed by atoms with Crippen LogP contribution in [0.5, 0.6) is 0 Å². The Hall–Kier alpha value is -1.42. The molecule has 0 radical (unpaired) electrons. The molecular formula is C14H15BrFNO. The fourth-order valence-electron chi connectivity index (χ4n) is 1.31. The van der Waals surface area contributed by atoms with Crippen LogP contribution in [0.2, 0.25) is 0 Å². The summed E-state index contributed by atoms with van der Waals surface area (Å²) in [7, 11) is 0. The van der Waals surface area contributed by atoms with E-state index in [1.807, 2.05) is 19.1 Å². The SMILES string of the molecule is C/C=C/CCNC(=O)/C=C/c1cc(Br)ccc1F. The fourth-order valence-corrected chi connectivity index (χ4v) is 1.69. The minimum Gasteiger partial charge on any atom is -0.352 e. The van der Waals surface area contributed by atoms with E-state index in [0.717, 1.165) is 10.9 Å². The van der Waals surface area contributed by atoms with E-state index in [1.54, 1.807) is 12.1 Å². The summed E-state index contributed by atoms with van der Waals surface area (Å²) in [5.74, 6) is -0.574. The van der Waals surface area contributed by atoms with Gasteiger partial charge in [-0.05, 0) is 37.6 Å². The van der Waals surface area contributed by atoms with Gasteiger partial charge in [0.2, 0.25) is 5.91 Å². The first-order valence-electron chi connectivity index (χ1n) is 5.65. The lowest BCUT2D eigenvalue weighted by atomic mass is 10.2. The quantitative estimate of drug-likeness (QED) is 0.501. The standard InChI is InChI=1S/C14H15BrFNO/c1-2-3-4-9-17-14(18)8-5-11-10-12(15)6-7-13(11)16/h2-3,5-8,10H,4,9H2,1H3,(H,17,18)/b3-2+,8-5+. The number of hydrogen-bond acceptors (Lipinski definition) is 1. The number of allylic oxidation sites excluding steroid dienone is 1. The maximum atomic E-state index is 13.4. The second kappa shape index (κ2) is 7.82. The summed E-state index contributed by atoms with van der Waals surface area (Å²) >= 11 is 3.25. The van der Waals surface area contributed by atoms with Crippen LogP contribution < -0.4 is 5.32 Å². The number of nitrogens with one attached hydrogen (secondary N) is 1. The van der Waals surface area contributed by atoms with Crippen molar-refractivity contribution in [2.75, 3.05) is 6.54 Å². The lowest BCUT2D eigenvalue weighted by molar-refractivity contribution is -0.116. The fraction of sp³-hybridized carbons (Fsp3) is 0.214. The summed E-state index contributed by atoms with van der Waals surface area (Å²) < 4.78 is 14.1. The lowest BCUT2D eigenvalue weighted by Crippen LogP contribution is -2.21. The summed E-state index contributed by atoms with van der Waals surface area (Å²) in [5.41, 5.74) is 0.382. The monoisotopic (exact) mass is 311 g/mol. The number of rotatable bonds is 5. The van der Waals surface area contributed by atoms with Crippen molar-refractivity contribution in [1.29, 1.82) is 0 Å². The number of amides is 1. The van der Waals surface area contributed by atoms with Crippen LogP contribution in [-0.4, -0.2) is 12.5 Å². The van der Waals surface area contributed by atoms with E-state index in [1.165, 1.54) is 18.2 Å². The third-order valence-electron chi connectivity index (χ3n) is 2.22. The maximum absolute atomic E-state index is 13.4. The maximum Gasteiger partial charge on any atom is 0.244 e. The Labute approximate surface area is 115 Å². The van der Waals surface area contributed by atoms with Crippen LogP contribution in [0.15, 0.2) is 40.9 Å². The van der Waals surface area contributed by atoms with E-state index < -0.39 is 0 Å². The van der Waals surface area contributed by atoms with Crippen LogP contribution in [0, 0.1) is 5.82 Å². The Morgan fingerprint density at radius 2 is 2.28 bits per heavy atom. The molecule has 0 bridgehead atoms. The van der Waals surface area contributed by atoms with Crippen molar-refractivity contribution in [2.45, 2.75) is 13.3 Å². The van der Waals surface area contributed by atoms with E-state index in [0.29, 0.717) is 12.1 Å². The highest BCUT2D eigenvalue weighted by molar-refractivity contribution is 9.10. The van der Waals surface area contributed by atoms with Crippen LogP contribution in [0.1, 0.15) is 18.9 Å². The Kier molecular flexibility index (Phi) is 6.36. The second-order valence-corrected chi connectivity index (χ2v) is 4.56. The highest BCUT2D eigenvalue weighted by Crippen LogP contribution is 2.16. The van der Waals surface area contributed by atoms with Crippen molar-refractivity contribution >= 4 is 27.9 Å². The molecule has 0 aliphatic rings. The van der Waals surface area contributed by atoms with Gasteiger partial charge in [0.25, 0.3) is 0 Å². The molecule has 4 heteroatoms. The van der Waals surface area contributed by atoms with Crippen LogP contribution in [0.25, 0.3) is 6.08 Å². The van der Waals surface area contributed by atoms with Crippen LogP contribution in [-0.2, 0) is 4.79 Å². The van der Waals surface area contributed by atoms with Crippen molar-refractivity contribution in [2.24, 2.45) is 0 Å². The molecule has 0 unspecified atom stereocenters. The van der Waals surface area contributed by atoms with Gasteiger partial charge in [0.15, 0.2) is 0 Å². The number of benzene rings is 1.